The Labute approximate surface area is 114 Å². The highest BCUT2D eigenvalue weighted by molar-refractivity contribution is 7.85. The average Bonchev–Trinajstić information content (AvgIpc) is 2.67. The fourth-order valence-corrected chi connectivity index (χ4v) is 4.07. The summed E-state index contributed by atoms with van der Waals surface area (Å²) in [5.74, 6) is 1.95. The first-order valence-electron chi connectivity index (χ1n) is 6.60. The van der Waals surface area contributed by atoms with Crippen molar-refractivity contribution in [3.05, 3.63) is 5.69 Å². The van der Waals surface area contributed by atoms with Gasteiger partial charge in [0.15, 0.2) is 5.82 Å². The monoisotopic (exact) mass is 282 g/mol. The van der Waals surface area contributed by atoms with Gasteiger partial charge in [-0.3, -0.25) is 13.7 Å². The van der Waals surface area contributed by atoms with Crippen molar-refractivity contribution in [2.24, 2.45) is 7.05 Å². The van der Waals surface area contributed by atoms with Crippen LogP contribution in [0.15, 0.2) is 0 Å². The van der Waals surface area contributed by atoms with E-state index in [-0.39, 0.29) is 11.9 Å². The fourth-order valence-electron chi connectivity index (χ4n) is 2.82. The minimum absolute atomic E-state index is 0.0501. The number of carbonyl (C=O) groups excluding carboxylic acids is 1. The summed E-state index contributed by atoms with van der Waals surface area (Å²) in [4.78, 5) is 14.2. The van der Waals surface area contributed by atoms with E-state index in [0.717, 1.165) is 30.0 Å². The number of fused-ring (bicyclic) bond motifs is 3. The van der Waals surface area contributed by atoms with E-state index in [4.69, 9.17) is 0 Å². The van der Waals surface area contributed by atoms with Crippen LogP contribution in [0.3, 0.4) is 0 Å². The molecule has 0 saturated carbocycles. The van der Waals surface area contributed by atoms with E-state index < -0.39 is 10.8 Å². The number of anilines is 2. The fraction of sp³-hybridized carbons (Fsp3) is 0.667. The Bertz CT molecular complexity index is 554. The number of aromatic nitrogens is 2. The molecule has 1 aromatic heterocycles. The first-order chi connectivity index (χ1) is 9.11. The average molecular weight is 282 g/mol. The second-order valence-corrected chi connectivity index (χ2v) is 6.65. The molecule has 2 aliphatic rings. The van der Waals surface area contributed by atoms with E-state index in [0.29, 0.717) is 18.1 Å². The van der Waals surface area contributed by atoms with Crippen LogP contribution in [0.2, 0.25) is 0 Å². The Morgan fingerprint density at radius 3 is 3.05 bits per heavy atom. The zero-order chi connectivity index (χ0) is 13.6. The standard InChI is InChI=1S/C12H18N4O2S/c1-3-4-8-10-12(15(2)14-8)16-5-6-19(18)7-9(16)11(17)13-10/h9H,3-7H2,1-2H3,(H,13,17). The largest absolute Gasteiger partial charge is 0.341 e. The summed E-state index contributed by atoms with van der Waals surface area (Å²) in [6.45, 7) is 2.75. The Morgan fingerprint density at radius 1 is 1.53 bits per heavy atom. The normalized spacial score (nSPS) is 25.8. The molecule has 19 heavy (non-hydrogen) atoms. The molecule has 1 amide bonds. The molecule has 1 saturated heterocycles. The molecule has 2 atom stereocenters. The van der Waals surface area contributed by atoms with Crippen molar-refractivity contribution >= 4 is 28.2 Å². The van der Waals surface area contributed by atoms with E-state index in [1.54, 1.807) is 0 Å². The molecular weight excluding hydrogens is 264 g/mol. The third-order valence-corrected chi connectivity index (χ3v) is 5.00. The van der Waals surface area contributed by atoms with Gasteiger partial charge in [-0.25, -0.2) is 0 Å². The quantitative estimate of drug-likeness (QED) is 0.845. The summed E-state index contributed by atoms with van der Waals surface area (Å²) in [7, 11) is 1.01. The van der Waals surface area contributed by atoms with Crippen LogP contribution in [-0.2, 0) is 29.1 Å². The number of aryl methyl sites for hydroxylation is 2. The van der Waals surface area contributed by atoms with Gasteiger partial charge in [-0.1, -0.05) is 13.3 Å². The van der Waals surface area contributed by atoms with Crippen molar-refractivity contribution in [1.82, 2.24) is 9.78 Å². The molecule has 0 aliphatic carbocycles. The highest BCUT2D eigenvalue weighted by atomic mass is 32.2. The van der Waals surface area contributed by atoms with Crippen LogP contribution in [0, 0.1) is 0 Å². The molecule has 2 unspecified atom stereocenters. The van der Waals surface area contributed by atoms with Gasteiger partial charge in [-0.05, 0) is 6.42 Å². The maximum absolute atomic E-state index is 12.2. The number of rotatable bonds is 2. The minimum atomic E-state index is -0.891. The van der Waals surface area contributed by atoms with E-state index in [2.05, 4.69) is 22.2 Å². The maximum atomic E-state index is 12.2. The number of hydrogen-bond donors (Lipinski definition) is 1. The van der Waals surface area contributed by atoms with Crippen molar-refractivity contribution in [1.29, 1.82) is 0 Å². The minimum Gasteiger partial charge on any atom is -0.341 e. The Hall–Kier alpha value is -1.37. The van der Waals surface area contributed by atoms with Gasteiger partial charge in [0.1, 0.15) is 11.7 Å². The van der Waals surface area contributed by atoms with Crippen molar-refractivity contribution in [2.45, 2.75) is 25.8 Å². The topological polar surface area (TPSA) is 67.2 Å². The molecule has 0 aromatic carbocycles. The molecule has 0 bridgehead atoms. The molecule has 0 radical (unpaired) electrons. The summed E-state index contributed by atoms with van der Waals surface area (Å²) in [6.07, 6.45) is 1.85. The van der Waals surface area contributed by atoms with Crippen LogP contribution >= 0.6 is 0 Å². The Kier molecular flexibility index (Phi) is 3.08. The Morgan fingerprint density at radius 2 is 2.32 bits per heavy atom. The number of nitrogens with zero attached hydrogens (tertiary/aromatic N) is 3. The van der Waals surface area contributed by atoms with Crippen molar-refractivity contribution in [2.75, 3.05) is 28.3 Å². The predicted molar refractivity (Wildman–Crippen MR) is 74.8 cm³/mol. The van der Waals surface area contributed by atoms with Crippen LogP contribution in [-0.4, -0.2) is 44.0 Å². The molecule has 0 spiro atoms. The van der Waals surface area contributed by atoms with E-state index in [1.165, 1.54) is 0 Å². The van der Waals surface area contributed by atoms with Crippen LogP contribution in [0.5, 0.6) is 0 Å². The lowest BCUT2D eigenvalue weighted by atomic mass is 10.1. The number of nitrogens with one attached hydrogen (secondary N) is 1. The zero-order valence-corrected chi connectivity index (χ0v) is 12.0. The highest BCUT2D eigenvalue weighted by Gasteiger charge is 2.40. The molecule has 104 valence electrons. The summed E-state index contributed by atoms with van der Waals surface area (Å²) >= 11 is 0. The van der Waals surface area contributed by atoms with Crippen LogP contribution in [0.25, 0.3) is 0 Å². The molecule has 3 rings (SSSR count). The lowest BCUT2D eigenvalue weighted by Gasteiger charge is -2.39. The van der Waals surface area contributed by atoms with Gasteiger partial charge in [0.2, 0.25) is 5.91 Å². The van der Waals surface area contributed by atoms with E-state index in [9.17, 15) is 9.00 Å². The van der Waals surface area contributed by atoms with Crippen molar-refractivity contribution in [3.63, 3.8) is 0 Å². The summed E-state index contributed by atoms with van der Waals surface area (Å²) in [6, 6.07) is -0.313. The van der Waals surface area contributed by atoms with Gasteiger partial charge < -0.3 is 10.2 Å². The smallest absolute Gasteiger partial charge is 0.248 e. The summed E-state index contributed by atoms with van der Waals surface area (Å²) < 4.78 is 13.5. The first-order valence-corrected chi connectivity index (χ1v) is 8.09. The number of amides is 1. The molecule has 6 nitrogen and oxygen atoms in total. The van der Waals surface area contributed by atoms with Crippen LogP contribution in [0.1, 0.15) is 19.0 Å². The van der Waals surface area contributed by atoms with E-state index >= 15 is 0 Å². The predicted octanol–water partition coefficient (Wildman–Crippen LogP) is 0.262. The molecule has 1 N–H and O–H groups in total. The second kappa shape index (κ2) is 4.63. The lowest BCUT2D eigenvalue weighted by Crippen LogP contribution is -2.56. The first kappa shape index (κ1) is 12.7. The van der Waals surface area contributed by atoms with Gasteiger partial charge in [-0.2, -0.15) is 5.10 Å². The van der Waals surface area contributed by atoms with Crippen molar-refractivity contribution in [3.8, 4) is 0 Å². The van der Waals surface area contributed by atoms with Gasteiger partial charge in [0, 0.05) is 30.1 Å². The van der Waals surface area contributed by atoms with Crippen LogP contribution in [0.4, 0.5) is 11.5 Å². The van der Waals surface area contributed by atoms with E-state index in [1.807, 2.05) is 11.7 Å². The Balaban J connectivity index is 2.04. The zero-order valence-electron chi connectivity index (χ0n) is 11.2. The molecule has 2 aliphatic heterocycles. The molecule has 1 aromatic rings. The number of hydrogen-bond acceptors (Lipinski definition) is 4. The second-order valence-electron chi connectivity index (χ2n) is 5.03. The van der Waals surface area contributed by atoms with Gasteiger partial charge in [-0.15, -0.1) is 0 Å². The highest BCUT2D eigenvalue weighted by Crippen LogP contribution is 2.36. The number of carbonyl (C=O) groups is 1. The SMILES string of the molecule is CCCc1nn(C)c2c1NC(=O)C1CS(=O)CCN21. The van der Waals surface area contributed by atoms with Crippen molar-refractivity contribution < 1.29 is 9.00 Å². The summed E-state index contributed by atoms with van der Waals surface area (Å²) in [5, 5.41) is 7.47. The molecule has 7 heteroatoms. The third kappa shape index (κ3) is 1.96. The molecule has 3 heterocycles. The van der Waals surface area contributed by atoms with Crippen LogP contribution < -0.4 is 10.2 Å². The third-order valence-electron chi connectivity index (χ3n) is 3.68. The lowest BCUT2D eigenvalue weighted by molar-refractivity contribution is -0.117. The van der Waals surface area contributed by atoms with Gasteiger partial charge in [0.05, 0.1) is 11.4 Å². The maximum Gasteiger partial charge on any atom is 0.248 e. The molecular formula is C12H18N4O2S. The molecule has 1 fully saturated rings. The summed E-state index contributed by atoms with van der Waals surface area (Å²) in [5.41, 5.74) is 1.79. The van der Waals surface area contributed by atoms with Gasteiger partial charge >= 0.3 is 0 Å². The van der Waals surface area contributed by atoms with Gasteiger partial charge in [0.25, 0.3) is 0 Å².